The zero-order chi connectivity index (χ0) is 16.0. The molecule has 0 spiro atoms. The van der Waals surface area contributed by atoms with Gasteiger partial charge in [-0.05, 0) is 48.0 Å². The quantitative estimate of drug-likeness (QED) is 0.799. The molecule has 1 aliphatic rings. The number of piperidine rings is 1. The van der Waals surface area contributed by atoms with E-state index in [1.54, 1.807) is 4.90 Å². The Bertz CT molecular complexity index is 579. The molecular formula is C16H25N3O2. The zero-order valence-electron chi connectivity index (χ0n) is 13.9. The molecule has 21 heavy (non-hydrogen) atoms. The van der Waals surface area contributed by atoms with Crippen molar-refractivity contribution in [3.63, 3.8) is 0 Å². The summed E-state index contributed by atoms with van der Waals surface area (Å²) in [6.07, 6.45) is 3.17. The van der Waals surface area contributed by atoms with Crippen molar-refractivity contribution in [2.24, 2.45) is 0 Å². The van der Waals surface area contributed by atoms with E-state index in [2.05, 4.69) is 5.10 Å². The number of rotatable bonds is 1. The molecule has 0 aliphatic carbocycles. The topological polar surface area (TPSA) is 55.2 Å². The lowest BCUT2D eigenvalue weighted by Crippen LogP contribution is -2.56. The molecule has 0 saturated carbocycles. The molecule has 0 N–H and O–H groups in total. The molecule has 0 bridgehead atoms. The third kappa shape index (κ3) is 2.74. The van der Waals surface area contributed by atoms with Crippen molar-refractivity contribution in [2.75, 3.05) is 6.54 Å². The van der Waals surface area contributed by atoms with E-state index in [-0.39, 0.29) is 17.2 Å². The molecule has 1 aromatic rings. The van der Waals surface area contributed by atoms with Gasteiger partial charge in [0.1, 0.15) is 0 Å². The molecule has 0 aromatic carbocycles. The molecule has 0 atom stereocenters. The first-order valence-corrected chi connectivity index (χ1v) is 7.47. The average Bonchev–Trinajstić information content (AvgIpc) is 2.74. The van der Waals surface area contributed by atoms with Crippen molar-refractivity contribution >= 4 is 11.7 Å². The Morgan fingerprint density at radius 3 is 2.48 bits per heavy atom. The summed E-state index contributed by atoms with van der Waals surface area (Å²) >= 11 is 0. The van der Waals surface area contributed by atoms with Gasteiger partial charge in [-0.3, -0.25) is 14.3 Å². The number of amides is 1. The van der Waals surface area contributed by atoms with E-state index in [1.165, 1.54) is 0 Å². The molecule has 1 saturated heterocycles. The van der Waals surface area contributed by atoms with Gasteiger partial charge in [0.2, 0.25) is 0 Å². The van der Waals surface area contributed by atoms with Crippen LogP contribution in [0.2, 0.25) is 0 Å². The second kappa shape index (κ2) is 4.97. The van der Waals surface area contributed by atoms with Crippen molar-refractivity contribution < 1.29 is 9.59 Å². The van der Waals surface area contributed by atoms with Crippen LogP contribution >= 0.6 is 0 Å². The van der Waals surface area contributed by atoms with Crippen molar-refractivity contribution in [1.29, 1.82) is 0 Å². The minimum Gasteiger partial charge on any atom is -0.325 e. The van der Waals surface area contributed by atoms with Crippen LogP contribution in [0.5, 0.6) is 0 Å². The minimum absolute atomic E-state index is 0.120. The fourth-order valence-corrected chi connectivity index (χ4v) is 2.63. The number of hydrogen-bond donors (Lipinski definition) is 0. The first kappa shape index (κ1) is 15.7. The molecular weight excluding hydrogens is 266 g/mol. The van der Waals surface area contributed by atoms with Crippen LogP contribution in [0.25, 0.3) is 0 Å². The third-order valence-corrected chi connectivity index (χ3v) is 4.17. The number of ketones is 1. The smallest absolute Gasteiger partial charge is 0.275 e. The fraction of sp³-hybridized carbons (Fsp3) is 0.688. The Labute approximate surface area is 126 Å². The number of carbonyl (C=O) groups is 2. The van der Waals surface area contributed by atoms with Crippen LogP contribution in [0.3, 0.4) is 0 Å². The lowest BCUT2D eigenvalue weighted by Gasteiger charge is -2.40. The van der Waals surface area contributed by atoms with E-state index in [0.29, 0.717) is 18.7 Å². The average molecular weight is 291 g/mol. The van der Waals surface area contributed by atoms with Crippen molar-refractivity contribution in [1.82, 2.24) is 14.7 Å². The summed E-state index contributed by atoms with van der Waals surface area (Å²) in [6, 6.07) is 0. The maximum atomic E-state index is 12.8. The monoisotopic (exact) mass is 291 g/mol. The molecule has 1 aliphatic heterocycles. The van der Waals surface area contributed by atoms with Gasteiger partial charge in [-0.1, -0.05) is 0 Å². The standard InChI is InChI=1S/C16H25N3O2/c1-11-10-19(15(2,3)4)17-13(11)14(21)18-9-7-8-12(20)16(18,5)6/h10H,7-9H2,1-6H3. The second-order valence-electron chi connectivity index (χ2n) is 7.32. The highest BCUT2D eigenvalue weighted by Crippen LogP contribution is 2.27. The Hall–Kier alpha value is -1.65. The highest BCUT2D eigenvalue weighted by Gasteiger charge is 2.41. The summed E-state index contributed by atoms with van der Waals surface area (Å²) in [4.78, 5) is 26.6. The summed E-state index contributed by atoms with van der Waals surface area (Å²) in [7, 11) is 0. The fourth-order valence-electron chi connectivity index (χ4n) is 2.63. The second-order valence-corrected chi connectivity index (χ2v) is 7.32. The SMILES string of the molecule is Cc1cn(C(C)(C)C)nc1C(=O)N1CCCC(=O)C1(C)C. The lowest BCUT2D eigenvalue weighted by atomic mass is 9.88. The molecule has 0 radical (unpaired) electrons. The number of hydrogen-bond acceptors (Lipinski definition) is 3. The van der Waals surface area contributed by atoms with E-state index in [0.717, 1.165) is 12.0 Å². The Morgan fingerprint density at radius 1 is 1.33 bits per heavy atom. The molecule has 1 fully saturated rings. The minimum atomic E-state index is -0.743. The Balaban J connectivity index is 2.36. The van der Waals surface area contributed by atoms with E-state index in [9.17, 15) is 9.59 Å². The summed E-state index contributed by atoms with van der Waals surface area (Å²) in [5.74, 6) is -0.0245. The predicted octanol–water partition coefficient (Wildman–Crippen LogP) is 2.53. The molecule has 1 aromatic heterocycles. The van der Waals surface area contributed by atoms with Crippen LogP contribution in [0.15, 0.2) is 6.20 Å². The molecule has 116 valence electrons. The molecule has 1 amide bonds. The molecule has 0 unspecified atom stereocenters. The van der Waals surface area contributed by atoms with E-state index in [1.807, 2.05) is 52.4 Å². The molecule has 2 rings (SSSR count). The van der Waals surface area contributed by atoms with Gasteiger partial charge in [0, 0.05) is 24.7 Å². The van der Waals surface area contributed by atoms with E-state index in [4.69, 9.17) is 0 Å². The number of carbonyl (C=O) groups excluding carboxylic acids is 2. The summed E-state index contributed by atoms with van der Waals surface area (Å²) < 4.78 is 1.81. The van der Waals surface area contributed by atoms with Gasteiger partial charge in [0.05, 0.1) is 11.1 Å². The first-order chi connectivity index (χ1) is 9.55. The van der Waals surface area contributed by atoms with Gasteiger partial charge in [0.25, 0.3) is 5.91 Å². The highest BCUT2D eigenvalue weighted by molar-refractivity contribution is 5.99. The summed E-state index contributed by atoms with van der Waals surface area (Å²) in [6.45, 7) is 12.3. The first-order valence-electron chi connectivity index (χ1n) is 7.47. The molecule has 5 nitrogen and oxygen atoms in total. The third-order valence-electron chi connectivity index (χ3n) is 4.17. The van der Waals surface area contributed by atoms with Crippen LogP contribution in [0.4, 0.5) is 0 Å². The maximum absolute atomic E-state index is 12.8. The van der Waals surface area contributed by atoms with Crippen LogP contribution in [0, 0.1) is 6.92 Å². The number of aryl methyl sites for hydroxylation is 1. The number of Topliss-reactive ketones (excluding diaryl/α,β-unsaturated/α-hetero) is 1. The Morgan fingerprint density at radius 2 is 1.95 bits per heavy atom. The molecule has 2 heterocycles. The van der Waals surface area contributed by atoms with Gasteiger partial charge in [-0.15, -0.1) is 0 Å². The van der Waals surface area contributed by atoms with Crippen molar-refractivity contribution in [3.8, 4) is 0 Å². The van der Waals surface area contributed by atoms with Crippen LogP contribution < -0.4 is 0 Å². The van der Waals surface area contributed by atoms with Gasteiger partial charge in [0.15, 0.2) is 11.5 Å². The van der Waals surface area contributed by atoms with Crippen LogP contribution in [-0.2, 0) is 10.3 Å². The normalized spacial score (nSPS) is 19.0. The van der Waals surface area contributed by atoms with Gasteiger partial charge < -0.3 is 4.90 Å². The number of likely N-dealkylation sites (tertiary alicyclic amines) is 1. The van der Waals surface area contributed by atoms with Gasteiger partial charge >= 0.3 is 0 Å². The lowest BCUT2D eigenvalue weighted by molar-refractivity contribution is -0.130. The van der Waals surface area contributed by atoms with Crippen LogP contribution in [0.1, 0.15) is 63.5 Å². The van der Waals surface area contributed by atoms with Gasteiger partial charge in [-0.25, -0.2) is 0 Å². The van der Waals surface area contributed by atoms with E-state index >= 15 is 0 Å². The van der Waals surface area contributed by atoms with Gasteiger partial charge in [-0.2, -0.15) is 5.10 Å². The largest absolute Gasteiger partial charge is 0.325 e. The number of aromatic nitrogens is 2. The van der Waals surface area contributed by atoms with E-state index < -0.39 is 5.54 Å². The van der Waals surface area contributed by atoms with Crippen molar-refractivity contribution in [3.05, 3.63) is 17.5 Å². The maximum Gasteiger partial charge on any atom is 0.275 e. The van der Waals surface area contributed by atoms with Crippen LogP contribution in [-0.4, -0.2) is 38.5 Å². The Kier molecular flexibility index (Phi) is 3.72. The van der Waals surface area contributed by atoms with Crippen molar-refractivity contribution in [2.45, 2.75) is 65.5 Å². The highest BCUT2D eigenvalue weighted by atomic mass is 16.2. The molecule has 5 heteroatoms. The zero-order valence-corrected chi connectivity index (χ0v) is 13.9. The predicted molar refractivity (Wildman–Crippen MR) is 81.3 cm³/mol. The number of nitrogens with zero attached hydrogens (tertiary/aromatic N) is 3. The summed E-state index contributed by atoms with van der Waals surface area (Å²) in [5.41, 5.74) is 0.389. The summed E-state index contributed by atoms with van der Waals surface area (Å²) in [5, 5.41) is 4.46.